The molecule has 0 spiro atoms. The van der Waals surface area contributed by atoms with Gasteiger partial charge in [0.15, 0.2) is 12.3 Å². The van der Waals surface area contributed by atoms with Crippen molar-refractivity contribution in [2.45, 2.75) is 45.2 Å². The minimum absolute atomic E-state index is 0.00534. The van der Waals surface area contributed by atoms with Crippen LogP contribution in [0, 0.1) is 0 Å². The predicted octanol–water partition coefficient (Wildman–Crippen LogP) is 2.61. The van der Waals surface area contributed by atoms with Crippen molar-refractivity contribution in [2.75, 3.05) is 13.2 Å². The molecule has 0 bridgehead atoms. The van der Waals surface area contributed by atoms with Crippen LogP contribution in [0.1, 0.15) is 48.8 Å². The average molecular weight is 449 g/mol. The van der Waals surface area contributed by atoms with Crippen molar-refractivity contribution >= 4 is 22.6 Å². The predicted molar refractivity (Wildman–Crippen MR) is 126 cm³/mol. The molecule has 4 rings (SSSR count). The van der Waals surface area contributed by atoms with Crippen LogP contribution in [0.15, 0.2) is 53.3 Å². The Labute approximate surface area is 191 Å². The molecule has 0 radical (unpaired) electrons. The molecular formula is C25H28N4O4. The molecule has 2 amide bonds. The van der Waals surface area contributed by atoms with Crippen LogP contribution in [0.4, 0.5) is 0 Å². The van der Waals surface area contributed by atoms with E-state index in [2.05, 4.69) is 15.7 Å². The highest BCUT2D eigenvalue weighted by molar-refractivity contribution is 6.04. The highest BCUT2D eigenvalue weighted by Gasteiger charge is 2.23. The number of carbonyl (C=O) groups is 2. The van der Waals surface area contributed by atoms with E-state index in [1.807, 2.05) is 38.1 Å². The summed E-state index contributed by atoms with van der Waals surface area (Å²) in [7, 11) is 0. The molecule has 1 aliphatic rings. The van der Waals surface area contributed by atoms with Crippen LogP contribution in [-0.4, -0.2) is 40.8 Å². The minimum Gasteiger partial charge on any atom is -0.484 e. The normalized spacial score (nSPS) is 13.2. The molecular weight excluding hydrogens is 420 g/mol. The number of nitrogens with zero attached hydrogens (tertiary/aromatic N) is 2. The zero-order valence-electron chi connectivity index (χ0n) is 18.8. The molecule has 1 heterocycles. The van der Waals surface area contributed by atoms with Gasteiger partial charge in [-0.05, 0) is 56.9 Å². The number of amides is 2. The second kappa shape index (κ2) is 9.85. The van der Waals surface area contributed by atoms with Gasteiger partial charge >= 0.3 is 0 Å². The molecule has 8 heteroatoms. The Morgan fingerprint density at radius 3 is 2.45 bits per heavy atom. The van der Waals surface area contributed by atoms with Crippen LogP contribution < -0.4 is 20.9 Å². The van der Waals surface area contributed by atoms with Crippen molar-refractivity contribution in [1.29, 1.82) is 0 Å². The third kappa shape index (κ3) is 5.58. The van der Waals surface area contributed by atoms with Crippen molar-refractivity contribution in [2.24, 2.45) is 0 Å². The topological polar surface area (TPSA) is 102 Å². The first kappa shape index (κ1) is 22.5. The van der Waals surface area contributed by atoms with Crippen LogP contribution in [0.3, 0.4) is 0 Å². The van der Waals surface area contributed by atoms with Gasteiger partial charge in [0.1, 0.15) is 5.75 Å². The van der Waals surface area contributed by atoms with Gasteiger partial charge in [-0.2, -0.15) is 5.10 Å². The number of ether oxygens (including phenoxy) is 1. The molecule has 0 saturated heterocycles. The van der Waals surface area contributed by atoms with Crippen molar-refractivity contribution in [3.8, 4) is 5.75 Å². The maximum Gasteiger partial charge on any atom is 0.274 e. The third-order valence-corrected chi connectivity index (χ3v) is 5.47. The van der Waals surface area contributed by atoms with E-state index in [1.165, 1.54) is 4.68 Å². The van der Waals surface area contributed by atoms with E-state index in [1.54, 1.807) is 24.3 Å². The largest absolute Gasteiger partial charge is 0.484 e. The summed E-state index contributed by atoms with van der Waals surface area (Å²) < 4.78 is 6.86. The second-order valence-electron chi connectivity index (χ2n) is 8.52. The number of nitrogens with one attached hydrogen (secondary N) is 2. The highest BCUT2D eigenvalue weighted by Crippen LogP contribution is 2.19. The first-order chi connectivity index (χ1) is 15.9. The summed E-state index contributed by atoms with van der Waals surface area (Å²) in [6.45, 7) is 4.14. The quantitative estimate of drug-likeness (QED) is 0.524. The van der Waals surface area contributed by atoms with Gasteiger partial charge in [-0.1, -0.05) is 30.3 Å². The molecule has 1 saturated carbocycles. The molecule has 2 N–H and O–H groups in total. The van der Waals surface area contributed by atoms with E-state index in [-0.39, 0.29) is 35.7 Å². The lowest BCUT2D eigenvalue weighted by Crippen LogP contribution is -2.32. The fraction of sp³-hybridized carbons (Fsp3) is 0.360. The Bertz CT molecular complexity index is 1210. The Kier molecular flexibility index (Phi) is 6.72. The van der Waals surface area contributed by atoms with E-state index in [0.717, 1.165) is 18.4 Å². The third-order valence-electron chi connectivity index (χ3n) is 5.47. The Balaban J connectivity index is 1.34. The minimum atomic E-state index is -0.317. The standard InChI is InChI=1S/C25H28N4O4/c1-16(2)29-25(32)21-6-4-3-5-20(21)23(28-29)24(31)26-14-13-17-7-11-19(12-8-17)33-15-22(30)27-18-9-10-18/h3-8,11-12,16,18H,9-10,13-15H2,1-2H3,(H,26,31)(H,27,30). The van der Waals surface area contributed by atoms with Crippen molar-refractivity contribution in [3.05, 3.63) is 70.1 Å². The Morgan fingerprint density at radius 2 is 1.79 bits per heavy atom. The second-order valence-corrected chi connectivity index (χ2v) is 8.52. The lowest BCUT2D eigenvalue weighted by molar-refractivity contribution is -0.123. The molecule has 1 fully saturated rings. The van der Waals surface area contributed by atoms with Crippen LogP contribution in [-0.2, 0) is 11.2 Å². The SMILES string of the molecule is CC(C)n1nc(C(=O)NCCc2ccc(OCC(=O)NC3CC3)cc2)c2ccccc2c1=O. The molecule has 0 atom stereocenters. The van der Waals surface area contributed by atoms with E-state index in [0.29, 0.717) is 35.5 Å². The van der Waals surface area contributed by atoms with Crippen molar-refractivity contribution in [1.82, 2.24) is 20.4 Å². The number of fused-ring (bicyclic) bond motifs is 1. The van der Waals surface area contributed by atoms with Crippen molar-refractivity contribution < 1.29 is 14.3 Å². The summed E-state index contributed by atoms with van der Waals surface area (Å²) >= 11 is 0. The first-order valence-corrected chi connectivity index (χ1v) is 11.2. The van der Waals surface area contributed by atoms with E-state index >= 15 is 0 Å². The first-order valence-electron chi connectivity index (χ1n) is 11.2. The summed E-state index contributed by atoms with van der Waals surface area (Å²) in [6, 6.07) is 14.6. The van der Waals surface area contributed by atoms with Gasteiger partial charge in [0.05, 0.1) is 11.4 Å². The molecule has 1 aromatic heterocycles. The molecule has 1 aliphatic carbocycles. The number of hydrogen-bond donors (Lipinski definition) is 2. The fourth-order valence-corrected chi connectivity index (χ4v) is 3.53. The van der Waals surface area contributed by atoms with E-state index in [9.17, 15) is 14.4 Å². The number of benzene rings is 2. The number of rotatable bonds is 9. The maximum atomic E-state index is 12.9. The number of carbonyl (C=O) groups excluding carboxylic acids is 2. The molecule has 0 aliphatic heterocycles. The lowest BCUT2D eigenvalue weighted by atomic mass is 10.1. The fourth-order valence-electron chi connectivity index (χ4n) is 3.53. The summed E-state index contributed by atoms with van der Waals surface area (Å²) in [6.07, 6.45) is 2.71. The molecule has 3 aromatic rings. The van der Waals surface area contributed by atoms with Gasteiger partial charge in [-0.25, -0.2) is 4.68 Å². The molecule has 33 heavy (non-hydrogen) atoms. The molecule has 2 aromatic carbocycles. The molecule has 8 nitrogen and oxygen atoms in total. The van der Waals surface area contributed by atoms with Crippen LogP contribution in [0.25, 0.3) is 10.8 Å². The summed E-state index contributed by atoms with van der Waals surface area (Å²) in [4.78, 5) is 37.2. The van der Waals surface area contributed by atoms with Crippen LogP contribution >= 0.6 is 0 Å². The average Bonchev–Trinajstić information content (AvgIpc) is 3.62. The van der Waals surface area contributed by atoms with E-state index in [4.69, 9.17) is 4.74 Å². The van der Waals surface area contributed by atoms with E-state index < -0.39 is 0 Å². The number of aromatic nitrogens is 2. The molecule has 172 valence electrons. The van der Waals surface area contributed by atoms with Gasteiger partial charge in [0.25, 0.3) is 17.4 Å². The Hall–Kier alpha value is -3.68. The van der Waals surface area contributed by atoms with Crippen LogP contribution in [0.2, 0.25) is 0 Å². The van der Waals surface area contributed by atoms with Crippen molar-refractivity contribution in [3.63, 3.8) is 0 Å². The highest BCUT2D eigenvalue weighted by atomic mass is 16.5. The van der Waals surface area contributed by atoms with Gasteiger partial charge in [-0.3, -0.25) is 14.4 Å². The van der Waals surface area contributed by atoms with Gasteiger partial charge in [0, 0.05) is 18.0 Å². The zero-order chi connectivity index (χ0) is 23.4. The Morgan fingerprint density at radius 1 is 1.09 bits per heavy atom. The summed E-state index contributed by atoms with van der Waals surface area (Å²) in [5.41, 5.74) is 1.06. The monoisotopic (exact) mass is 448 g/mol. The number of hydrogen-bond acceptors (Lipinski definition) is 5. The zero-order valence-corrected chi connectivity index (χ0v) is 18.8. The lowest BCUT2D eigenvalue weighted by Gasteiger charge is -2.13. The van der Waals surface area contributed by atoms with Gasteiger partial charge in [0.2, 0.25) is 0 Å². The maximum absolute atomic E-state index is 12.9. The van der Waals surface area contributed by atoms with Gasteiger partial charge in [-0.15, -0.1) is 0 Å². The van der Waals surface area contributed by atoms with Gasteiger partial charge < -0.3 is 15.4 Å². The molecule has 0 unspecified atom stereocenters. The summed E-state index contributed by atoms with van der Waals surface area (Å²) in [5.74, 6) is 0.205. The van der Waals surface area contributed by atoms with Crippen LogP contribution in [0.5, 0.6) is 5.75 Å². The summed E-state index contributed by atoms with van der Waals surface area (Å²) in [5, 5.41) is 11.1. The smallest absolute Gasteiger partial charge is 0.274 e.